The Labute approximate surface area is 189 Å². The summed E-state index contributed by atoms with van der Waals surface area (Å²) in [6.07, 6.45) is 4.54. The van der Waals surface area contributed by atoms with Crippen molar-refractivity contribution in [2.45, 2.75) is 43.7 Å². The van der Waals surface area contributed by atoms with Crippen LogP contribution >= 0.6 is 23.2 Å². The van der Waals surface area contributed by atoms with Crippen molar-refractivity contribution in [2.75, 3.05) is 13.1 Å². The summed E-state index contributed by atoms with van der Waals surface area (Å²) in [5, 5.41) is 28.0. The summed E-state index contributed by atoms with van der Waals surface area (Å²) in [7, 11) is 0. The molecule has 5 atom stereocenters. The van der Waals surface area contributed by atoms with E-state index in [1.807, 2.05) is 0 Å². The van der Waals surface area contributed by atoms with Crippen LogP contribution in [0.4, 0.5) is 4.79 Å². The molecule has 8 nitrogen and oxygen atoms in total. The number of carbonyl (C=O) groups is 3. The Morgan fingerprint density at radius 2 is 1.84 bits per heavy atom. The molecule has 10 heteroatoms. The second kappa shape index (κ2) is 8.15. The molecule has 4 fully saturated rings. The van der Waals surface area contributed by atoms with Crippen LogP contribution in [0.25, 0.3) is 0 Å². The van der Waals surface area contributed by atoms with Crippen LogP contribution in [-0.4, -0.2) is 52.9 Å². The number of carboxylic acid groups (broad SMARTS) is 1. The molecule has 31 heavy (non-hydrogen) atoms. The Morgan fingerprint density at radius 1 is 1.13 bits per heavy atom. The van der Waals surface area contributed by atoms with E-state index in [0.29, 0.717) is 24.8 Å². The van der Waals surface area contributed by atoms with Crippen molar-refractivity contribution in [1.82, 2.24) is 16.0 Å². The summed E-state index contributed by atoms with van der Waals surface area (Å²) < 4.78 is 0. The fourth-order valence-corrected chi connectivity index (χ4v) is 6.48. The number of hydrogen-bond acceptors (Lipinski definition) is 4. The molecule has 0 aliphatic heterocycles. The highest BCUT2D eigenvalue weighted by Gasteiger charge is 2.63. The fourth-order valence-electron chi connectivity index (χ4n) is 5.91. The number of carboxylic acids is 1. The largest absolute Gasteiger partial charge is 0.480 e. The normalized spacial score (nSPS) is 31.3. The average molecular weight is 470 g/mol. The lowest BCUT2D eigenvalue weighted by Crippen LogP contribution is -2.51. The first-order chi connectivity index (χ1) is 14.6. The molecule has 0 saturated heterocycles. The molecular weight excluding hydrogens is 445 g/mol. The van der Waals surface area contributed by atoms with Crippen LogP contribution in [0.15, 0.2) is 18.2 Å². The molecular formula is C21H25Cl2N3O5. The van der Waals surface area contributed by atoms with Gasteiger partial charge in [-0.1, -0.05) is 29.3 Å². The van der Waals surface area contributed by atoms with Gasteiger partial charge in [0, 0.05) is 6.54 Å². The lowest BCUT2D eigenvalue weighted by Gasteiger charge is -2.39. The lowest BCUT2D eigenvalue weighted by molar-refractivity contribution is -0.139. The van der Waals surface area contributed by atoms with Crippen molar-refractivity contribution >= 4 is 41.1 Å². The Balaban J connectivity index is 1.29. The maximum Gasteiger partial charge on any atom is 0.328 e. The van der Waals surface area contributed by atoms with Crippen LogP contribution in [0.1, 0.15) is 42.5 Å². The molecule has 4 aliphatic rings. The van der Waals surface area contributed by atoms with Gasteiger partial charge in [0.05, 0.1) is 27.8 Å². The van der Waals surface area contributed by atoms with Gasteiger partial charge < -0.3 is 26.2 Å². The molecule has 4 bridgehead atoms. The number of hydrogen-bond donors (Lipinski definition) is 5. The van der Waals surface area contributed by atoms with E-state index >= 15 is 0 Å². The van der Waals surface area contributed by atoms with Gasteiger partial charge >= 0.3 is 12.0 Å². The summed E-state index contributed by atoms with van der Waals surface area (Å²) in [4.78, 5) is 36.3. The van der Waals surface area contributed by atoms with Crippen molar-refractivity contribution in [3.05, 3.63) is 33.8 Å². The zero-order chi connectivity index (χ0) is 22.4. The first kappa shape index (κ1) is 22.2. The maximum atomic E-state index is 12.4. The molecule has 3 amide bonds. The Kier molecular flexibility index (Phi) is 5.83. The number of urea groups is 1. The number of carbonyl (C=O) groups excluding carboxylic acids is 2. The highest BCUT2D eigenvalue weighted by molar-refractivity contribution is 6.39. The highest BCUT2D eigenvalue weighted by atomic mass is 35.5. The van der Waals surface area contributed by atoms with E-state index in [0.717, 1.165) is 25.7 Å². The molecule has 4 aliphatic carbocycles. The number of aliphatic hydroxyl groups is 1. The summed E-state index contributed by atoms with van der Waals surface area (Å²) in [5.74, 6) is -1.20. The van der Waals surface area contributed by atoms with Crippen molar-refractivity contribution in [3.8, 4) is 0 Å². The van der Waals surface area contributed by atoms with Gasteiger partial charge in [-0.25, -0.2) is 9.59 Å². The molecule has 5 N–H and O–H groups in total. The van der Waals surface area contributed by atoms with E-state index in [2.05, 4.69) is 16.0 Å². The topological polar surface area (TPSA) is 128 Å². The van der Waals surface area contributed by atoms with Crippen LogP contribution in [-0.2, 0) is 4.79 Å². The molecule has 4 unspecified atom stereocenters. The third kappa shape index (κ3) is 4.33. The average Bonchev–Trinajstić information content (AvgIpc) is 3.02. The SMILES string of the molecule is O=C(NC[C@H](NC(=O)c1c(Cl)cccc1Cl)C(=O)O)NCC12CC3CC(C1)C(O)(C3)C2. The van der Waals surface area contributed by atoms with Crippen LogP contribution in [0.2, 0.25) is 10.0 Å². The number of rotatable bonds is 7. The third-order valence-electron chi connectivity index (χ3n) is 6.99. The minimum Gasteiger partial charge on any atom is -0.480 e. The zero-order valence-electron chi connectivity index (χ0n) is 16.8. The van der Waals surface area contributed by atoms with Gasteiger partial charge in [-0.3, -0.25) is 4.79 Å². The Morgan fingerprint density at radius 3 is 2.45 bits per heavy atom. The molecule has 1 aromatic rings. The minimum absolute atomic E-state index is 0.0229. The minimum atomic E-state index is -1.36. The molecule has 0 radical (unpaired) electrons. The lowest BCUT2D eigenvalue weighted by atomic mass is 9.69. The molecule has 0 heterocycles. The quantitative estimate of drug-likeness (QED) is 0.418. The summed E-state index contributed by atoms with van der Waals surface area (Å²) in [5.41, 5.74) is -0.691. The molecule has 0 spiro atoms. The number of aliphatic carboxylic acids is 1. The summed E-state index contributed by atoms with van der Waals surface area (Å²) >= 11 is 12.0. The van der Waals surface area contributed by atoms with Gasteiger partial charge in [0.15, 0.2) is 0 Å². The van der Waals surface area contributed by atoms with Crippen LogP contribution in [0.3, 0.4) is 0 Å². The van der Waals surface area contributed by atoms with Gasteiger partial charge in [-0.15, -0.1) is 0 Å². The number of amides is 3. The van der Waals surface area contributed by atoms with Gasteiger partial charge in [-0.05, 0) is 61.5 Å². The number of nitrogens with one attached hydrogen (secondary N) is 3. The van der Waals surface area contributed by atoms with E-state index in [9.17, 15) is 24.6 Å². The van der Waals surface area contributed by atoms with E-state index in [-0.39, 0.29) is 27.6 Å². The first-order valence-electron chi connectivity index (χ1n) is 10.3. The maximum absolute atomic E-state index is 12.4. The van der Waals surface area contributed by atoms with Gasteiger partial charge in [0.2, 0.25) is 0 Å². The van der Waals surface area contributed by atoms with Gasteiger partial charge in [0.1, 0.15) is 6.04 Å². The Hall–Kier alpha value is -2.03. The molecule has 168 valence electrons. The second-order valence-corrected chi connectivity index (χ2v) is 10.0. The molecule has 5 rings (SSSR count). The summed E-state index contributed by atoms with van der Waals surface area (Å²) in [6.45, 7) is 0.130. The standard InChI is InChI=1S/C21H25Cl2N3O5/c22-13-2-1-3-14(23)16(13)17(27)26-15(18(28)29)8-24-19(30)25-10-20-5-11-4-12(7-20)21(31,6-11)9-20/h1-3,11-12,15,31H,4-10H2,(H,26,27)(H,28,29)(H2,24,25,30)/t11?,12?,15-,20?,21?/m0/s1. The van der Waals surface area contributed by atoms with Gasteiger partial charge in [-0.2, -0.15) is 0 Å². The Bertz CT molecular complexity index is 908. The smallest absolute Gasteiger partial charge is 0.328 e. The first-order valence-corrected chi connectivity index (χ1v) is 11.1. The van der Waals surface area contributed by atoms with E-state index in [4.69, 9.17) is 23.2 Å². The predicted octanol–water partition coefficient (Wildman–Crippen LogP) is 2.42. The monoisotopic (exact) mass is 469 g/mol. The van der Waals surface area contributed by atoms with Gasteiger partial charge in [0.25, 0.3) is 5.91 Å². The number of benzene rings is 1. The number of halogens is 2. The van der Waals surface area contributed by atoms with E-state index < -0.39 is 29.6 Å². The predicted molar refractivity (Wildman–Crippen MR) is 114 cm³/mol. The fraction of sp³-hybridized carbons (Fsp3) is 0.571. The van der Waals surface area contributed by atoms with Crippen LogP contribution < -0.4 is 16.0 Å². The van der Waals surface area contributed by atoms with Crippen molar-refractivity contribution in [2.24, 2.45) is 17.3 Å². The highest BCUT2D eigenvalue weighted by Crippen LogP contribution is 2.65. The second-order valence-electron chi connectivity index (χ2n) is 9.22. The molecule has 0 aromatic heterocycles. The van der Waals surface area contributed by atoms with Crippen molar-refractivity contribution in [1.29, 1.82) is 0 Å². The van der Waals surface area contributed by atoms with Crippen molar-refractivity contribution < 1.29 is 24.6 Å². The third-order valence-corrected chi connectivity index (χ3v) is 7.62. The van der Waals surface area contributed by atoms with Crippen molar-refractivity contribution in [3.63, 3.8) is 0 Å². The van der Waals surface area contributed by atoms with Crippen LogP contribution in [0, 0.1) is 17.3 Å². The van der Waals surface area contributed by atoms with Crippen LogP contribution in [0.5, 0.6) is 0 Å². The summed E-state index contributed by atoms with van der Waals surface area (Å²) in [6, 6.07) is 2.65. The van der Waals surface area contributed by atoms with E-state index in [1.165, 1.54) is 12.1 Å². The molecule has 4 saturated carbocycles. The zero-order valence-corrected chi connectivity index (χ0v) is 18.3. The molecule has 1 aromatic carbocycles. The van der Waals surface area contributed by atoms with E-state index in [1.54, 1.807) is 6.07 Å².